The van der Waals surface area contributed by atoms with Crippen molar-refractivity contribution in [2.24, 2.45) is 5.92 Å². The molecular formula is C28H21FN2O4S2. The van der Waals surface area contributed by atoms with E-state index < -0.39 is 22.9 Å². The number of carbonyl (C=O) groups is 2. The van der Waals surface area contributed by atoms with Crippen molar-refractivity contribution in [3.8, 4) is 5.75 Å². The number of thiazole rings is 1. The second kappa shape index (κ2) is 9.32. The van der Waals surface area contributed by atoms with Gasteiger partial charge in [-0.1, -0.05) is 65.1 Å². The second-order valence-electron chi connectivity index (χ2n) is 9.08. The summed E-state index contributed by atoms with van der Waals surface area (Å²) in [5.74, 6) is -1.66. The minimum atomic E-state index is -0.697. The Morgan fingerprint density at radius 3 is 2.32 bits per heavy atom. The summed E-state index contributed by atoms with van der Waals surface area (Å²) in [4.78, 5) is 43.8. The third-order valence-corrected chi connectivity index (χ3v) is 9.08. The first-order valence-corrected chi connectivity index (χ1v) is 13.4. The molecule has 1 saturated heterocycles. The van der Waals surface area contributed by atoms with Gasteiger partial charge in [-0.25, -0.2) is 9.29 Å². The Bertz CT molecular complexity index is 1550. The van der Waals surface area contributed by atoms with Crippen LogP contribution in [0.5, 0.6) is 5.75 Å². The number of hydrogen-bond donors (Lipinski definition) is 1. The minimum absolute atomic E-state index is 0.226. The lowest BCUT2D eigenvalue weighted by Crippen LogP contribution is -2.32. The number of amides is 2. The number of thioether (sulfide) groups is 1. The van der Waals surface area contributed by atoms with Crippen molar-refractivity contribution in [3.63, 3.8) is 0 Å². The SMILES string of the molecule is Cc1ccc(COc2ccc(C3c4sc(=O)[nH]c4SC4C(=O)N(c5ccc(F)cc5)C(=O)C43)cc2)cc1. The molecule has 1 fully saturated rings. The van der Waals surface area contributed by atoms with Crippen molar-refractivity contribution in [2.75, 3.05) is 4.90 Å². The molecule has 2 aliphatic rings. The van der Waals surface area contributed by atoms with E-state index in [-0.39, 0.29) is 16.7 Å². The van der Waals surface area contributed by atoms with Crippen LogP contribution in [0.1, 0.15) is 27.5 Å². The number of anilines is 1. The summed E-state index contributed by atoms with van der Waals surface area (Å²) >= 11 is 2.28. The van der Waals surface area contributed by atoms with Gasteiger partial charge in [-0.05, 0) is 54.4 Å². The molecular weight excluding hydrogens is 511 g/mol. The zero-order chi connectivity index (χ0) is 25.7. The van der Waals surface area contributed by atoms with Crippen LogP contribution in [0, 0.1) is 18.7 Å². The van der Waals surface area contributed by atoms with Gasteiger partial charge in [0.05, 0.1) is 16.6 Å². The predicted molar refractivity (Wildman–Crippen MR) is 141 cm³/mol. The van der Waals surface area contributed by atoms with E-state index in [0.717, 1.165) is 32.2 Å². The van der Waals surface area contributed by atoms with Crippen LogP contribution in [0.2, 0.25) is 0 Å². The molecule has 0 radical (unpaired) electrons. The number of nitrogens with one attached hydrogen (secondary N) is 1. The largest absolute Gasteiger partial charge is 0.489 e. The zero-order valence-electron chi connectivity index (χ0n) is 19.6. The van der Waals surface area contributed by atoms with E-state index >= 15 is 0 Å². The van der Waals surface area contributed by atoms with Gasteiger partial charge in [-0.15, -0.1) is 0 Å². The van der Waals surface area contributed by atoms with Gasteiger partial charge < -0.3 is 9.72 Å². The average Bonchev–Trinajstić information content (AvgIpc) is 3.39. The summed E-state index contributed by atoms with van der Waals surface area (Å²) < 4.78 is 19.4. The maximum absolute atomic E-state index is 13.7. The molecule has 4 aromatic rings. The molecule has 2 aliphatic heterocycles. The molecule has 0 bridgehead atoms. The number of fused-ring (bicyclic) bond motifs is 2. The van der Waals surface area contributed by atoms with Crippen molar-refractivity contribution in [1.82, 2.24) is 4.98 Å². The van der Waals surface area contributed by atoms with Crippen LogP contribution in [0.25, 0.3) is 0 Å². The third kappa shape index (κ3) is 4.28. The van der Waals surface area contributed by atoms with Crippen molar-refractivity contribution in [2.45, 2.75) is 29.7 Å². The number of H-pyrrole nitrogens is 1. The Labute approximate surface area is 220 Å². The van der Waals surface area contributed by atoms with Crippen LogP contribution in [0.4, 0.5) is 10.1 Å². The summed E-state index contributed by atoms with van der Waals surface area (Å²) in [5, 5.41) is -0.0826. The molecule has 186 valence electrons. The van der Waals surface area contributed by atoms with E-state index in [1.54, 1.807) is 0 Å². The molecule has 3 heterocycles. The zero-order valence-corrected chi connectivity index (χ0v) is 21.3. The lowest BCUT2D eigenvalue weighted by Gasteiger charge is -2.29. The van der Waals surface area contributed by atoms with Crippen molar-refractivity contribution < 1.29 is 18.7 Å². The second-order valence-corrected chi connectivity index (χ2v) is 11.2. The molecule has 2 amide bonds. The highest BCUT2D eigenvalue weighted by molar-refractivity contribution is 8.00. The lowest BCUT2D eigenvalue weighted by atomic mass is 9.83. The molecule has 3 atom stereocenters. The number of ether oxygens (including phenoxy) is 1. The van der Waals surface area contributed by atoms with E-state index in [1.807, 2.05) is 55.5 Å². The highest BCUT2D eigenvalue weighted by atomic mass is 32.2. The predicted octanol–water partition coefficient (Wildman–Crippen LogP) is 5.26. The van der Waals surface area contributed by atoms with Gasteiger partial charge in [0.2, 0.25) is 11.8 Å². The number of imide groups is 1. The molecule has 0 spiro atoms. The van der Waals surface area contributed by atoms with E-state index in [1.165, 1.54) is 41.6 Å². The van der Waals surface area contributed by atoms with Crippen LogP contribution in [-0.2, 0) is 16.2 Å². The third-order valence-electron chi connectivity index (χ3n) is 6.67. The van der Waals surface area contributed by atoms with Crippen molar-refractivity contribution in [3.05, 3.63) is 110 Å². The topological polar surface area (TPSA) is 79.5 Å². The minimum Gasteiger partial charge on any atom is -0.489 e. The average molecular weight is 533 g/mol. The fraction of sp³-hybridized carbons (Fsp3) is 0.179. The number of halogens is 1. The number of aromatic amines is 1. The van der Waals surface area contributed by atoms with E-state index in [2.05, 4.69) is 4.98 Å². The van der Waals surface area contributed by atoms with Crippen LogP contribution >= 0.6 is 23.1 Å². The molecule has 3 aromatic carbocycles. The fourth-order valence-corrected chi connectivity index (χ4v) is 7.36. The van der Waals surface area contributed by atoms with Gasteiger partial charge >= 0.3 is 4.87 Å². The fourth-order valence-electron chi connectivity index (χ4n) is 4.84. The van der Waals surface area contributed by atoms with Crippen LogP contribution in [0.3, 0.4) is 0 Å². The molecule has 6 nitrogen and oxygen atoms in total. The molecule has 1 N–H and O–H groups in total. The molecule has 6 rings (SSSR count). The molecule has 3 unspecified atom stereocenters. The standard InChI is InChI=1S/C28H21FN2O4S2/c1-15-2-4-16(5-3-15)14-35-20-12-6-17(7-13-20)21-22-24(36-25-23(21)37-28(34)30-25)27(33)31(26(22)32)19-10-8-18(29)9-11-19/h2-13,21-22,24H,14H2,1H3,(H,30,34). The number of benzene rings is 3. The first-order valence-electron chi connectivity index (χ1n) is 11.7. The number of hydrogen-bond acceptors (Lipinski definition) is 6. The summed E-state index contributed by atoms with van der Waals surface area (Å²) in [7, 11) is 0. The highest BCUT2D eigenvalue weighted by Gasteiger charge is 2.56. The Morgan fingerprint density at radius 2 is 1.62 bits per heavy atom. The van der Waals surface area contributed by atoms with Gasteiger partial charge in [-0.3, -0.25) is 14.4 Å². The summed E-state index contributed by atoms with van der Waals surface area (Å²) in [6, 6.07) is 20.9. The number of aryl methyl sites for hydroxylation is 1. The molecule has 1 aromatic heterocycles. The number of carbonyl (C=O) groups excluding carboxylic acids is 2. The highest BCUT2D eigenvalue weighted by Crippen LogP contribution is 2.53. The molecule has 37 heavy (non-hydrogen) atoms. The van der Waals surface area contributed by atoms with E-state index in [0.29, 0.717) is 23.1 Å². The first-order chi connectivity index (χ1) is 17.9. The van der Waals surface area contributed by atoms with Crippen molar-refractivity contribution >= 4 is 40.6 Å². The van der Waals surface area contributed by atoms with Gasteiger partial charge in [0.15, 0.2) is 0 Å². The Hall–Kier alpha value is -3.69. The first kappa shape index (κ1) is 23.7. The van der Waals surface area contributed by atoms with E-state index in [4.69, 9.17) is 4.74 Å². The maximum Gasteiger partial charge on any atom is 0.305 e. The van der Waals surface area contributed by atoms with Crippen LogP contribution in [0.15, 0.2) is 82.6 Å². The molecule has 0 saturated carbocycles. The van der Waals surface area contributed by atoms with Crippen LogP contribution in [-0.4, -0.2) is 22.0 Å². The van der Waals surface area contributed by atoms with Crippen LogP contribution < -0.4 is 14.5 Å². The smallest absolute Gasteiger partial charge is 0.305 e. The molecule has 9 heteroatoms. The van der Waals surface area contributed by atoms with Gasteiger partial charge in [0, 0.05) is 10.8 Å². The maximum atomic E-state index is 13.7. The van der Waals surface area contributed by atoms with Crippen molar-refractivity contribution in [1.29, 1.82) is 0 Å². The lowest BCUT2D eigenvalue weighted by molar-refractivity contribution is -0.122. The van der Waals surface area contributed by atoms with Gasteiger partial charge in [0.25, 0.3) is 0 Å². The Balaban J connectivity index is 1.32. The number of nitrogens with zero attached hydrogens (tertiary/aromatic N) is 1. The quantitative estimate of drug-likeness (QED) is 0.355. The normalized spacial score (nSPS) is 20.6. The summed E-state index contributed by atoms with van der Waals surface area (Å²) in [5.41, 5.74) is 3.39. The Kier molecular flexibility index (Phi) is 5.97. The summed E-state index contributed by atoms with van der Waals surface area (Å²) in [6.07, 6.45) is 0. The van der Waals surface area contributed by atoms with Gasteiger partial charge in [-0.2, -0.15) is 0 Å². The summed E-state index contributed by atoms with van der Waals surface area (Å²) in [6.45, 7) is 2.46. The Morgan fingerprint density at radius 1 is 0.919 bits per heavy atom. The van der Waals surface area contributed by atoms with Gasteiger partial charge in [0.1, 0.15) is 23.4 Å². The molecule has 0 aliphatic carbocycles. The van der Waals surface area contributed by atoms with E-state index in [9.17, 15) is 18.8 Å². The number of aromatic nitrogens is 1. The number of rotatable bonds is 5. The monoisotopic (exact) mass is 532 g/mol.